The van der Waals surface area contributed by atoms with E-state index < -0.39 is 114 Å². The van der Waals surface area contributed by atoms with Gasteiger partial charge in [0.1, 0.15) is 60.8 Å². The van der Waals surface area contributed by atoms with E-state index in [1.807, 2.05) is 203 Å². The Morgan fingerprint density at radius 2 is 0.636 bits per heavy atom. The first-order valence-electron chi connectivity index (χ1n) is 26.2. The van der Waals surface area contributed by atoms with Gasteiger partial charge in [0, 0.05) is 66.3 Å². The Hall–Kier alpha value is -1.68. The molecule has 550 valence electrons. The number of halogens is 10. The third kappa shape index (κ3) is 31.4. The number of amides is 6. The summed E-state index contributed by atoms with van der Waals surface area (Å²) in [7, 11) is -10.9. The number of hydrogen-bond acceptors (Lipinski definition) is 23. The van der Waals surface area contributed by atoms with Crippen LogP contribution < -0.4 is 35.4 Å². The molecule has 0 bridgehead atoms. The van der Waals surface area contributed by atoms with Crippen LogP contribution in [0.4, 0.5) is 34.1 Å². The van der Waals surface area contributed by atoms with Crippen LogP contribution in [0, 0.1) is 35.7 Å². The maximum Gasteiger partial charge on any atom is 0.341 e. The van der Waals surface area contributed by atoms with E-state index in [1.54, 1.807) is 26.2 Å². The average Bonchev–Trinajstić information content (AvgIpc) is 0.775. The molecule has 0 heterocycles. The highest BCUT2D eigenvalue weighted by Gasteiger charge is 2.33. The van der Waals surface area contributed by atoms with Crippen molar-refractivity contribution < 1.29 is 124 Å². The van der Waals surface area contributed by atoms with E-state index in [0.717, 1.165) is 3.57 Å². The lowest BCUT2D eigenvalue weighted by molar-refractivity contribution is -0.117. The number of ether oxygens (including phenoxy) is 5. The van der Waals surface area contributed by atoms with Gasteiger partial charge in [-0.05, 0) is 244 Å². The summed E-state index contributed by atoms with van der Waals surface area (Å²) in [6.07, 6.45) is 0. The number of methoxy groups -OCH3 is 1. The van der Waals surface area contributed by atoms with Gasteiger partial charge < -0.3 is 54.3 Å². The van der Waals surface area contributed by atoms with Gasteiger partial charge in [-0.3, -0.25) is 47.0 Å². The first kappa shape index (κ1) is 95.3. The fourth-order valence-corrected chi connectivity index (χ4v) is 22.2. The van der Waals surface area contributed by atoms with Crippen molar-refractivity contribution in [2.75, 3.05) is 108 Å². The molecule has 4 rings (SSSR count). The van der Waals surface area contributed by atoms with E-state index in [4.69, 9.17) is 41.9 Å². The fourth-order valence-electron chi connectivity index (χ4n) is 6.79. The molecule has 33 nitrogen and oxygen atoms in total. The van der Waals surface area contributed by atoms with Crippen molar-refractivity contribution in [3.8, 4) is 5.75 Å². The third-order valence-electron chi connectivity index (χ3n) is 11.5. The van der Waals surface area contributed by atoms with Crippen molar-refractivity contribution in [3.05, 3.63) is 76.2 Å². The Balaban J connectivity index is 0.000000667. The molecule has 6 amide bonds. The molecule has 99 heavy (non-hydrogen) atoms. The summed E-state index contributed by atoms with van der Waals surface area (Å²) in [5.74, 6) is -7.69. The van der Waals surface area contributed by atoms with Crippen molar-refractivity contribution in [3.63, 3.8) is 0 Å². The summed E-state index contributed by atoms with van der Waals surface area (Å²) in [4.78, 5) is 124. The number of hydrogen-bond donors (Lipinski definition) is 7. The second kappa shape index (κ2) is 42.6. The van der Waals surface area contributed by atoms with Crippen LogP contribution in [0.15, 0.2) is 18.2 Å². The Morgan fingerprint density at radius 1 is 0.384 bits per heavy atom. The number of rotatable bonds is 23. The second-order valence-electron chi connectivity index (χ2n) is 18.9. The Bertz CT molecular complexity index is 4230. The van der Waals surface area contributed by atoms with E-state index >= 15 is 0 Å². The SMILES string of the molecule is CC(=O)N(C)c1c(I)c(C(=O)OCCS(=O)(=O)O)c(I)c(N(C)C(C)=O)c1I.CC(=O)Nc1c(I)c(C(=O)OCCS(=O)(=O)O)c(I)c(N(C)C(C)=O)c1I.CC(=O)Nc1c(I)c(NC(C)=O)c(I)c(C(=O)OCCS(=O)(=O)O)c1I.COc1cc(I)ccc1C(=O)OCCS(=O)(=O)O. The molecule has 0 aliphatic rings. The summed E-state index contributed by atoms with van der Waals surface area (Å²) in [6.45, 7) is 5.96. The maximum atomic E-state index is 12.7. The van der Waals surface area contributed by atoms with E-state index in [1.165, 1.54) is 76.5 Å². The van der Waals surface area contributed by atoms with Gasteiger partial charge in [0.25, 0.3) is 40.5 Å². The van der Waals surface area contributed by atoms with Crippen molar-refractivity contribution in [2.24, 2.45) is 0 Å². The second-order valence-corrected chi connectivity index (χ2v) is 36.2. The van der Waals surface area contributed by atoms with Gasteiger partial charge in [0.15, 0.2) is 0 Å². The summed E-state index contributed by atoms with van der Waals surface area (Å²) in [5.41, 5.74) is 2.71. The van der Waals surface area contributed by atoms with Crippen LogP contribution in [0.5, 0.6) is 5.75 Å². The molecule has 0 aliphatic carbocycles. The number of nitrogens with one attached hydrogen (secondary N) is 3. The molecule has 0 aromatic heterocycles. The molecule has 7 N–H and O–H groups in total. The Morgan fingerprint density at radius 3 is 0.899 bits per heavy atom. The lowest BCUT2D eigenvalue weighted by Crippen LogP contribution is -2.30. The highest BCUT2D eigenvalue weighted by atomic mass is 127. The van der Waals surface area contributed by atoms with Gasteiger partial charge in [-0.2, -0.15) is 33.7 Å². The standard InChI is InChI=1S/C15H17I3N2O7S.C14H15I3N2O7S.C13H13I3N2O7S.C10H11IO6S/c1-7(21)19(3)13-10(16)9(15(23)27-5-6-28(24,25)26)11(17)14(12(13)18)20(4)8(2)22;1-6(20)18-12-9(15)8(14(22)26-4-5-27(23,24)25)10(16)13(11(12)17)19(3)7(2)21;1-5(19)17-11-8(14)7(13(21)25-3-4-26(22,23)24)9(15)12(10(11)16)18-6(2)20;1-16-9-6-7(11)2-3-8(9)10(12)17-4-5-18(13,14)15/h5-6H2,1-4H3,(H,24,25,26);4-5H2,1-3H3,(H,18,20)(H,23,24,25);3-4H2,1-2H3,(H,17,19)(H,18,20)(H,22,23,24);2-3,6H,4-5H2,1H3,(H,13,14,15). The Labute approximate surface area is 704 Å². The smallest absolute Gasteiger partial charge is 0.341 e. The number of nitrogens with zero attached hydrogens (tertiary/aromatic N) is 3. The molecule has 0 radical (unpaired) electrons. The summed E-state index contributed by atoms with van der Waals surface area (Å²) < 4.78 is 150. The van der Waals surface area contributed by atoms with Crippen LogP contribution in [0.1, 0.15) is 83.0 Å². The van der Waals surface area contributed by atoms with Crippen LogP contribution in [-0.2, 0) is 88.2 Å². The predicted molar refractivity (Wildman–Crippen MR) is 446 cm³/mol. The monoisotopic (exact) mass is 2590 g/mol. The minimum atomic E-state index is -4.28. The topological polar surface area (TPSA) is 480 Å². The number of carbonyl (C=O) groups is 10. The molecule has 0 unspecified atom stereocenters. The molecule has 0 spiro atoms. The average molecular weight is 2590 g/mol. The molecule has 47 heteroatoms. The first-order valence-corrected chi connectivity index (χ1v) is 43.4. The van der Waals surface area contributed by atoms with Crippen LogP contribution in [-0.4, -0.2) is 189 Å². The van der Waals surface area contributed by atoms with Crippen molar-refractivity contribution in [1.82, 2.24) is 0 Å². The van der Waals surface area contributed by atoms with Crippen LogP contribution in [0.2, 0.25) is 0 Å². The minimum Gasteiger partial charge on any atom is -0.496 e. The molecular weight excluding hydrogens is 2540 g/mol. The van der Waals surface area contributed by atoms with Crippen molar-refractivity contribution in [2.45, 2.75) is 41.5 Å². The zero-order valence-electron chi connectivity index (χ0n) is 52.3. The summed E-state index contributed by atoms with van der Waals surface area (Å²) in [5, 5.41) is 7.85. The molecule has 0 saturated carbocycles. The first-order chi connectivity index (χ1) is 45.2. The molecule has 0 atom stereocenters. The lowest BCUT2D eigenvalue weighted by atomic mass is 10.1. The van der Waals surface area contributed by atoms with Gasteiger partial charge in [-0.25, -0.2) is 19.2 Å². The summed E-state index contributed by atoms with van der Waals surface area (Å²) in [6, 6.07) is 4.87. The number of benzene rings is 4. The third-order valence-corrected chi connectivity index (χ3v) is 24.4. The van der Waals surface area contributed by atoms with Gasteiger partial charge in [0.2, 0.25) is 35.4 Å². The molecular formula is C52H56I10N6O27S4. The molecule has 0 saturated heterocycles. The lowest BCUT2D eigenvalue weighted by Gasteiger charge is -2.27. The van der Waals surface area contributed by atoms with Crippen molar-refractivity contribution in [1.29, 1.82) is 0 Å². The van der Waals surface area contributed by atoms with E-state index in [9.17, 15) is 81.6 Å². The van der Waals surface area contributed by atoms with Gasteiger partial charge >= 0.3 is 23.9 Å². The predicted octanol–water partition coefficient (Wildman–Crippen LogP) is 8.80. The zero-order chi connectivity index (χ0) is 77.1. The van der Waals surface area contributed by atoms with Gasteiger partial charge in [-0.15, -0.1) is 0 Å². The highest BCUT2D eigenvalue weighted by Crippen LogP contribution is 2.44. The Kier molecular flexibility index (Phi) is 41.0. The summed E-state index contributed by atoms with van der Waals surface area (Å²) >= 11 is 19.3. The van der Waals surface area contributed by atoms with E-state index in [2.05, 4.69) is 38.5 Å². The largest absolute Gasteiger partial charge is 0.496 e. The number of esters is 4. The van der Waals surface area contributed by atoms with Gasteiger partial charge in [-0.1, -0.05) is 0 Å². The van der Waals surface area contributed by atoms with Crippen LogP contribution in [0.25, 0.3) is 0 Å². The van der Waals surface area contributed by atoms with Gasteiger partial charge in [0.05, 0.1) is 90.1 Å². The minimum absolute atomic E-state index is 0.0643. The number of anilines is 6. The normalized spacial score (nSPS) is 11.1. The van der Waals surface area contributed by atoms with E-state index in [-0.39, 0.29) is 57.7 Å². The quantitative estimate of drug-likeness (QED) is 0.0158. The highest BCUT2D eigenvalue weighted by molar-refractivity contribution is 14.1. The fraction of sp³-hybridized carbons (Fsp3) is 0.346. The van der Waals surface area contributed by atoms with E-state index in [0.29, 0.717) is 72.0 Å². The number of carbonyl (C=O) groups excluding carboxylic acids is 10. The molecule has 4 aromatic rings. The molecule has 4 aromatic carbocycles. The molecule has 0 fully saturated rings. The maximum absolute atomic E-state index is 12.7. The van der Waals surface area contributed by atoms with Crippen molar-refractivity contribution >= 4 is 360 Å². The zero-order valence-corrected chi connectivity index (χ0v) is 77.2. The van der Waals surface area contributed by atoms with Crippen LogP contribution >= 0.6 is 226 Å². The molecule has 0 aliphatic heterocycles. The van der Waals surface area contributed by atoms with Crippen LogP contribution in [0.3, 0.4) is 0 Å².